The van der Waals surface area contributed by atoms with Crippen LogP contribution in [0, 0.1) is 10.8 Å². The van der Waals surface area contributed by atoms with E-state index in [-0.39, 0.29) is 24.3 Å². The second-order valence-corrected chi connectivity index (χ2v) is 8.97. The molecule has 0 aromatic carbocycles. The predicted octanol–water partition coefficient (Wildman–Crippen LogP) is -0.722. The van der Waals surface area contributed by atoms with Crippen molar-refractivity contribution in [3.63, 3.8) is 0 Å². The fourth-order valence-electron chi connectivity index (χ4n) is 1.74. The van der Waals surface area contributed by atoms with Gasteiger partial charge in [0.2, 0.25) is 11.8 Å². The number of amides is 2. The first kappa shape index (κ1) is 24.0. The number of aliphatic hydroxyl groups excluding tert-OH is 1. The molecule has 0 heterocycles. The summed E-state index contributed by atoms with van der Waals surface area (Å²) < 4.78 is 14.6. The van der Waals surface area contributed by atoms with E-state index in [0.29, 0.717) is 6.54 Å². The molecule has 0 saturated carbocycles. The largest absolute Gasteiger partial charge is 0.790 e. The molecule has 0 radical (unpaired) electrons. The monoisotopic (exact) mass is 380 g/mol. The molecule has 1 atom stereocenters. The highest BCUT2D eigenvalue weighted by Gasteiger charge is 2.34. The molecule has 0 fully saturated rings. The van der Waals surface area contributed by atoms with E-state index in [0.717, 1.165) is 6.42 Å². The normalized spacial score (nSPS) is 14.1. The third-order valence-electron chi connectivity index (χ3n) is 3.43. The maximum atomic E-state index is 11.9. The number of phosphoric acid groups is 1. The molecule has 0 spiro atoms. The van der Waals surface area contributed by atoms with Gasteiger partial charge in [-0.3, -0.25) is 9.59 Å². The maximum Gasteiger partial charge on any atom is 0.249 e. The molecule has 0 saturated heterocycles. The van der Waals surface area contributed by atoms with Gasteiger partial charge in [0.25, 0.3) is 0 Å². The highest BCUT2D eigenvalue weighted by atomic mass is 31.2. The van der Waals surface area contributed by atoms with Crippen molar-refractivity contribution < 1.29 is 33.6 Å². The SMILES string of the molecule is CC(C)(C)CCNC(=O)CCNC(=O)[C@@H](O)C(C)(C)COP(=O)([O-])[O-]. The molecule has 10 heteroatoms. The molecular weight excluding hydrogens is 351 g/mol. The topological polar surface area (TPSA) is 151 Å². The molecule has 0 aliphatic carbocycles. The fraction of sp³-hybridized carbons (Fsp3) is 0.867. The first-order valence-corrected chi connectivity index (χ1v) is 9.49. The smallest absolute Gasteiger partial charge is 0.249 e. The summed E-state index contributed by atoms with van der Waals surface area (Å²) in [5.41, 5.74) is -1.18. The van der Waals surface area contributed by atoms with E-state index < -0.39 is 31.9 Å². The second-order valence-electron chi connectivity index (χ2n) is 7.81. The van der Waals surface area contributed by atoms with E-state index >= 15 is 0 Å². The Hall–Kier alpha value is -0.990. The van der Waals surface area contributed by atoms with Crippen molar-refractivity contribution >= 4 is 19.6 Å². The lowest BCUT2D eigenvalue weighted by molar-refractivity contribution is -0.343. The minimum absolute atomic E-state index is 0.0236. The highest BCUT2D eigenvalue weighted by molar-refractivity contribution is 7.43. The lowest BCUT2D eigenvalue weighted by Gasteiger charge is -2.35. The van der Waals surface area contributed by atoms with Crippen LogP contribution in [0.1, 0.15) is 47.5 Å². The molecular formula is C15H29N2O7P-2. The van der Waals surface area contributed by atoms with E-state index in [4.69, 9.17) is 0 Å². The number of rotatable bonds is 10. The Morgan fingerprint density at radius 2 is 1.68 bits per heavy atom. The van der Waals surface area contributed by atoms with Crippen LogP contribution in [0.25, 0.3) is 0 Å². The van der Waals surface area contributed by atoms with Crippen LogP contribution in [-0.2, 0) is 18.7 Å². The number of phosphoric ester groups is 1. The Morgan fingerprint density at radius 3 is 2.16 bits per heavy atom. The van der Waals surface area contributed by atoms with Crippen molar-refractivity contribution in [2.24, 2.45) is 10.8 Å². The Morgan fingerprint density at radius 1 is 1.12 bits per heavy atom. The first-order valence-electron chi connectivity index (χ1n) is 8.03. The maximum absolute atomic E-state index is 11.9. The van der Waals surface area contributed by atoms with Gasteiger partial charge in [-0.1, -0.05) is 34.6 Å². The van der Waals surface area contributed by atoms with Crippen molar-refractivity contribution in [3.8, 4) is 0 Å². The van der Waals surface area contributed by atoms with Gasteiger partial charge in [0, 0.05) is 24.9 Å². The van der Waals surface area contributed by atoms with E-state index in [1.807, 2.05) is 0 Å². The minimum Gasteiger partial charge on any atom is -0.790 e. The molecule has 3 N–H and O–H groups in total. The van der Waals surface area contributed by atoms with Crippen LogP contribution in [0.3, 0.4) is 0 Å². The molecule has 0 aromatic rings. The molecule has 0 aliphatic rings. The Balaban J connectivity index is 4.19. The van der Waals surface area contributed by atoms with Gasteiger partial charge in [0.05, 0.1) is 14.4 Å². The third kappa shape index (κ3) is 12.1. The van der Waals surface area contributed by atoms with Crippen molar-refractivity contribution in [3.05, 3.63) is 0 Å². The summed E-state index contributed by atoms with van der Waals surface area (Å²) in [5.74, 6) is -0.997. The quantitative estimate of drug-likeness (QED) is 0.423. The summed E-state index contributed by atoms with van der Waals surface area (Å²) in [7, 11) is -5.19. The Bertz CT molecular complexity index is 497. The zero-order valence-corrected chi connectivity index (χ0v) is 16.4. The summed E-state index contributed by atoms with van der Waals surface area (Å²) in [6.45, 7) is 8.88. The third-order valence-corrected chi connectivity index (χ3v) is 3.88. The highest BCUT2D eigenvalue weighted by Crippen LogP contribution is 2.31. The number of nitrogens with one attached hydrogen (secondary N) is 2. The molecule has 148 valence electrons. The van der Waals surface area contributed by atoms with Crippen molar-refractivity contribution in [1.29, 1.82) is 0 Å². The van der Waals surface area contributed by atoms with E-state index in [1.165, 1.54) is 13.8 Å². The summed E-state index contributed by atoms with van der Waals surface area (Å²) in [4.78, 5) is 44.5. The van der Waals surface area contributed by atoms with Gasteiger partial charge in [0.15, 0.2) is 0 Å². The zero-order valence-electron chi connectivity index (χ0n) is 15.5. The molecule has 2 amide bonds. The van der Waals surface area contributed by atoms with E-state index in [9.17, 15) is 29.0 Å². The Kier molecular flexibility index (Phi) is 9.26. The molecule has 9 nitrogen and oxygen atoms in total. The van der Waals surface area contributed by atoms with Gasteiger partial charge in [-0.15, -0.1) is 0 Å². The zero-order chi connectivity index (χ0) is 19.9. The van der Waals surface area contributed by atoms with Crippen molar-refractivity contribution in [1.82, 2.24) is 10.6 Å². The molecule has 0 unspecified atom stereocenters. The predicted molar refractivity (Wildman–Crippen MR) is 88.1 cm³/mol. The molecule has 0 bridgehead atoms. The van der Waals surface area contributed by atoms with Gasteiger partial charge >= 0.3 is 0 Å². The van der Waals surface area contributed by atoms with Gasteiger partial charge < -0.3 is 34.6 Å². The van der Waals surface area contributed by atoms with Gasteiger partial charge in [-0.25, -0.2) is 0 Å². The number of hydrogen-bond donors (Lipinski definition) is 3. The molecule has 0 aromatic heterocycles. The summed E-state index contributed by atoms with van der Waals surface area (Å²) in [6.07, 6.45) is -0.722. The summed E-state index contributed by atoms with van der Waals surface area (Å²) in [6, 6.07) is 0. The van der Waals surface area contributed by atoms with Crippen LogP contribution >= 0.6 is 7.82 Å². The van der Waals surface area contributed by atoms with Crippen LogP contribution in [0.15, 0.2) is 0 Å². The summed E-state index contributed by atoms with van der Waals surface area (Å²) >= 11 is 0. The molecule has 25 heavy (non-hydrogen) atoms. The van der Waals surface area contributed by atoms with Crippen LogP contribution < -0.4 is 20.4 Å². The summed E-state index contributed by atoms with van der Waals surface area (Å²) in [5, 5.41) is 15.1. The number of aliphatic hydroxyl groups is 1. The van der Waals surface area contributed by atoms with Crippen LogP contribution in [0.5, 0.6) is 0 Å². The van der Waals surface area contributed by atoms with Gasteiger partial charge in [0.1, 0.15) is 6.10 Å². The van der Waals surface area contributed by atoms with Crippen LogP contribution in [0.4, 0.5) is 0 Å². The van der Waals surface area contributed by atoms with Crippen molar-refractivity contribution in [2.45, 2.75) is 53.6 Å². The van der Waals surface area contributed by atoms with Gasteiger partial charge in [-0.2, -0.15) is 0 Å². The molecule has 0 rings (SSSR count). The molecule has 0 aliphatic heterocycles. The van der Waals surface area contributed by atoms with E-state index in [1.54, 1.807) is 0 Å². The van der Waals surface area contributed by atoms with Crippen molar-refractivity contribution in [2.75, 3.05) is 19.7 Å². The first-order chi connectivity index (χ1) is 11.1. The number of hydrogen-bond acceptors (Lipinski definition) is 7. The number of carbonyl (C=O) groups is 2. The average molecular weight is 380 g/mol. The lowest BCUT2D eigenvalue weighted by atomic mass is 9.87. The standard InChI is InChI=1S/C15H31N2O7P/c1-14(2,3)7-9-16-11(18)6-8-17-13(20)12(19)15(4,5)10-24-25(21,22)23/h12,19H,6-10H2,1-5H3,(H,16,18)(H,17,20)(H2,21,22,23)/p-2/t12-/m1/s1. The van der Waals surface area contributed by atoms with Crippen LogP contribution in [0.2, 0.25) is 0 Å². The van der Waals surface area contributed by atoms with E-state index in [2.05, 4.69) is 35.9 Å². The van der Waals surface area contributed by atoms with Gasteiger partial charge in [-0.05, 0) is 11.8 Å². The minimum atomic E-state index is -5.19. The van der Waals surface area contributed by atoms with Crippen LogP contribution in [-0.4, -0.2) is 42.7 Å². The Labute approximate surface area is 148 Å². The fourth-order valence-corrected chi connectivity index (χ4v) is 2.23. The number of carbonyl (C=O) groups excluding carboxylic acids is 2. The lowest BCUT2D eigenvalue weighted by Crippen LogP contribution is -2.46. The second kappa shape index (κ2) is 9.64. The average Bonchev–Trinajstić information content (AvgIpc) is 2.42.